The van der Waals surface area contributed by atoms with Crippen molar-refractivity contribution in [1.29, 1.82) is 0 Å². The number of piperazine rings is 1. The summed E-state index contributed by atoms with van der Waals surface area (Å²) in [5.74, 6) is -0.983. The van der Waals surface area contributed by atoms with Gasteiger partial charge in [-0.15, -0.1) is 0 Å². The number of anilines is 5. The van der Waals surface area contributed by atoms with Crippen LogP contribution in [0, 0.1) is 13.8 Å². The van der Waals surface area contributed by atoms with Crippen molar-refractivity contribution < 1.29 is 28.8 Å². The number of carbonyl (C=O) groups excluding carboxylic acids is 6. The third-order valence-corrected chi connectivity index (χ3v) is 10.6. The SMILES string of the molecule is Cc1nc(Nc2ncc(C(=O)Nc3c(C)cccc3Cl)s2)cc(N2CCN(C(=O)CCNc3cccc4c3C(=O)N(C3CCC(=O)NC3=O)C4=O)CC2)n1. The summed E-state index contributed by atoms with van der Waals surface area (Å²) in [5.41, 5.74) is 2.10. The van der Waals surface area contributed by atoms with Crippen LogP contribution in [0.4, 0.5) is 28.1 Å². The number of fused-ring (bicyclic) bond motifs is 1. The number of nitrogens with one attached hydrogen (secondary N) is 4. The first kappa shape index (κ1) is 36.4. The van der Waals surface area contributed by atoms with E-state index in [4.69, 9.17) is 11.6 Å². The Morgan fingerprint density at radius 2 is 1.78 bits per heavy atom. The van der Waals surface area contributed by atoms with E-state index in [2.05, 4.69) is 41.1 Å². The number of halogens is 1. The van der Waals surface area contributed by atoms with Crippen LogP contribution in [-0.4, -0.2) is 99.0 Å². The maximum Gasteiger partial charge on any atom is 0.267 e. The number of hydrogen-bond donors (Lipinski definition) is 4. The molecule has 2 saturated heterocycles. The molecular weight excluding hydrogens is 736 g/mol. The summed E-state index contributed by atoms with van der Waals surface area (Å²) in [5, 5.41) is 12.3. The molecular formula is C36H35ClN10O6S. The van der Waals surface area contributed by atoms with Gasteiger partial charge in [0.05, 0.1) is 28.0 Å². The second kappa shape index (κ2) is 15.2. The number of nitrogens with zero attached hydrogens (tertiary/aromatic N) is 6. The molecule has 3 aliphatic rings. The highest BCUT2D eigenvalue weighted by molar-refractivity contribution is 7.17. The molecule has 4 aromatic rings. The highest BCUT2D eigenvalue weighted by Crippen LogP contribution is 2.33. The zero-order chi connectivity index (χ0) is 38.1. The highest BCUT2D eigenvalue weighted by atomic mass is 35.5. The van der Waals surface area contributed by atoms with E-state index in [1.54, 1.807) is 36.1 Å². The molecule has 0 aliphatic carbocycles. The zero-order valence-corrected chi connectivity index (χ0v) is 30.8. The Labute approximate surface area is 318 Å². The van der Waals surface area contributed by atoms with Crippen molar-refractivity contribution in [2.45, 2.75) is 39.2 Å². The number of hydrogen-bond acceptors (Lipinski definition) is 13. The van der Waals surface area contributed by atoms with Crippen LogP contribution in [0.2, 0.25) is 5.02 Å². The normalized spacial score (nSPS) is 17.0. The number of amides is 6. The summed E-state index contributed by atoms with van der Waals surface area (Å²) in [7, 11) is 0. The van der Waals surface area contributed by atoms with Crippen molar-refractivity contribution in [3.05, 3.63) is 81.1 Å². The van der Waals surface area contributed by atoms with Gasteiger partial charge in [0.1, 0.15) is 28.4 Å². The van der Waals surface area contributed by atoms with E-state index in [0.717, 1.165) is 10.5 Å². The fourth-order valence-corrected chi connectivity index (χ4v) is 7.59. The van der Waals surface area contributed by atoms with Gasteiger partial charge in [0.15, 0.2) is 5.13 Å². The predicted octanol–water partition coefficient (Wildman–Crippen LogP) is 3.75. The molecule has 278 valence electrons. The zero-order valence-electron chi connectivity index (χ0n) is 29.3. The van der Waals surface area contributed by atoms with Crippen molar-refractivity contribution >= 4 is 86.5 Å². The van der Waals surface area contributed by atoms with E-state index in [-0.39, 0.29) is 48.7 Å². The lowest BCUT2D eigenvalue weighted by Crippen LogP contribution is -2.54. The van der Waals surface area contributed by atoms with E-state index >= 15 is 0 Å². The van der Waals surface area contributed by atoms with E-state index < -0.39 is 29.7 Å². The van der Waals surface area contributed by atoms with Crippen LogP contribution in [0.15, 0.2) is 48.7 Å². The lowest BCUT2D eigenvalue weighted by atomic mass is 10.0. The second-order valence-corrected chi connectivity index (χ2v) is 14.4. The highest BCUT2D eigenvalue weighted by Gasteiger charge is 2.45. The molecule has 1 unspecified atom stereocenters. The quantitative estimate of drug-likeness (QED) is 0.171. The third-order valence-electron chi connectivity index (χ3n) is 9.33. The number of imide groups is 2. The second-order valence-electron chi connectivity index (χ2n) is 12.9. The Morgan fingerprint density at radius 3 is 2.54 bits per heavy atom. The number of rotatable bonds is 10. The summed E-state index contributed by atoms with van der Waals surface area (Å²) in [6.07, 6.45) is 1.73. The first-order valence-electron chi connectivity index (χ1n) is 17.2. The number of para-hydroxylation sites is 1. The van der Waals surface area contributed by atoms with Crippen molar-refractivity contribution in [3.63, 3.8) is 0 Å². The minimum Gasteiger partial charge on any atom is -0.384 e. The molecule has 6 amide bonds. The monoisotopic (exact) mass is 770 g/mol. The maximum atomic E-state index is 13.4. The summed E-state index contributed by atoms with van der Waals surface area (Å²) in [6.45, 7) is 5.88. The third kappa shape index (κ3) is 7.45. The van der Waals surface area contributed by atoms with Gasteiger partial charge >= 0.3 is 0 Å². The molecule has 16 nitrogen and oxygen atoms in total. The molecule has 0 bridgehead atoms. The van der Waals surface area contributed by atoms with Crippen molar-refractivity contribution in [2.75, 3.05) is 53.6 Å². The smallest absolute Gasteiger partial charge is 0.267 e. The molecule has 54 heavy (non-hydrogen) atoms. The Hall–Kier alpha value is -5.94. The van der Waals surface area contributed by atoms with Crippen LogP contribution in [0.5, 0.6) is 0 Å². The first-order chi connectivity index (χ1) is 26.0. The van der Waals surface area contributed by atoms with E-state index in [0.29, 0.717) is 70.0 Å². The molecule has 4 N–H and O–H groups in total. The van der Waals surface area contributed by atoms with Crippen molar-refractivity contribution in [1.82, 2.24) is 30.1 Å². The van der Waals surface area contributed by atoms with Crippen LogP contribution < -0.4 is 26.2 Å². The lowest BCUT2D eigenvalue weighted by molar-refractivity contribution is -0.136. The molecule has 5 heterocycles. The van der Waals surface area contributed by atoms with Gasteiger partial charge in [0, 0.05) is 57.3 Å². The molecule has 2 fully saturated rings. The Kier molecular flexibility index (Phi) is 10.2. The molecule has 3 aliphatic heterocycles. The molecule has 2 aromatic carbocycles. The summed E-state index contributed by atoms with van der Waals surface area (Å²) < 4.78 is 0. The van der Waals surface area contributed by atoms with Gasteiger partial charge in [0.25, 0.3) is 17.7 Å². The summed E-state index contributed by atoms with van der Waals surface area (Å²) >= 11 is 7.45. The number of thiazole rings is 1. The Morgan fingerprint density at radius 1 is 1.00 bits per heavy atom. The van der Waals surface area contributed by atoms with E-state index in [1.165, 1.54) is 23.6 Å². The number of piperidine rings is 1. The van der Waals surface area contributed by atoms with Gasteiger partial charge in [-0.1, -0.05) is 41.1 Å². The molecule has 1 atom stereocenters. The van der Waals surface area contributed by atoms with Crippen molar-refractivity contribution in [2.24, 2.45) is 0 Å². The summed E-state index contributed by atoms with van der Waals surface area (Å²) in [6, 6.07) is 10.9. The largest absolute Gasteiger partial charge is 0.384 e. The number of benzene rings is 2. The van der Waals surface area contributed by atoms with Crippen LogP contribution >= 0.6 is 22.9 Å². The fourth-order valence-electron chi connectivity index (χ4n) is 6.60. The van der Waals surface area contributed by atoms with Gasteiger partial charge in [-0.2, -0.15) is 0 Å². The first-order valence-corrected chi connectivity index (χ1v) is 18.4. The molecule has 0 spiro atoms. The van der Waals surface area contributed by atoms with Gasteiger partial charge in [-0.3, -0.25) is 39.0 Å². The molecule has 0 saturated carbocycles. The lowest BCUT2D eigenvalue weighted by Gasteiger charge is -2.35. The molecule has 2 aromatic heterocycles. The Balaban J connectivity index is 0.913. The van der Waals surface area contributed by atoms with Crippen LogP contribution in [0.25, 0.3) is 0 Å². The topological polar surface area (TPSA) is 199 Å². The van der Waals surface area contributed by atoms with Gasteiger partial charge in [-0.25, -0.2) is 15.0 Å². The minimum absolute atomic E-state index is 0.0332. The summed E-state index contributed by atoms with van der Waals surface area (Å²) in [4.78, 5) is 95.2. The number of aromatic nitrogens is 3. The predicted molar refractivity (Wildman–Crippen MR) is 201 cm³/mol. The van der Waals surface area contributed by atoms with Crippen molar-refractivity contribution in [3.8, 4) is 0 Å². The Bertz CT molecular complexity index is 2180. The molecule has 0 radical (unpaired) electrons. The van der Waals surface area contributed by atoms with E-state index in [9.17, 15) is 28.8 Å². The van der Waals surface area contributed by atoms with E-state index in [1.807, 2.05) is 19.1 Å². The maximum absolute atomic E-state index is 13.4. The molecule has 7 rings (SSSR count). The van der Waals surface area contributed by atoms with Gasteiger partial charge in [-0.05, 0) is 44.0 Å². The minimum atomic E-state index is -1.06. The van der Waals surface area contributed by atoms with Crippen LogP contribution in [0.3, 0.4) is 0 Å². The average Bonchev–Trinajstić information content (AvgIpc) is 3.71. The number of aryl methyl sites for hydroxylation is 2. The van der Waals surface area contributed by atoms with Crippen LogP contribution in [-0.2, 0) is 14.4 Å². The number of carbonyl (C=O) groups is 6. The average molecular weight is 771 g/mol. The van der Waals surface area contributed by atoms with Crippen LogP contribution in [0.1, 0.15) is 61.0 Å². The molecule has 18 heteroatoms. The van der Waals surface area contributed by atoms with Gasteiger partial charge in [0.2, 0.25) is 17.7 Å². The standard InChI is InChI=1S/C36H35ClN10O6S/c1-19-5-3-7-22(37)31(19)44-33(51)25-18-39-36(54-25)42-26-17-27(41-20(2)40-26)45-13-15-46(16-14-45)29(49)11-12-38-23-8-4-6-21-30(23)35(53)47(34(21)52)24-9-10-28(48)43-32(24)50/h3-8,17-18,24,38H,9-16H2,1-2H3,(H,44,51)(H,43,48,50)(H,39,40,41,42). The fraction of sp³-hybridized carbons (Fsp3) is 0.306. The van der Waals surface area contributed by atoms with Gasteiger partial charge < -0.3 is 25.8 Å².